The second-order valence-electron chi connectivity index (χ2n) is 11.2. The lowest BCUT2D eigenvalue weighted by molar-refractivity contribution is 0.102. The molecule has 2 aromatic heterocycles. The van der Waals surface area contributed by atoms with Gasteiger partial charge in [0.2, 0.25) is 0 Å². The summed E-state index contributed by atoms with van der Waals surface area (Å²) in [5, 5.41) is 21.6. The van der Waals surface area contributed by atoms with Crippen LogP contribution < -0.4 is 14.4 Å². The Balaban J connectivity index is 1.48. The number of benzene rings is 2. The summed E-state index contributed by atoms with van der Waals surface area (Å²) in [5.41, 5.74) is 4.01. The third kappa shape index (κ3) is 5.54. The van der Waals surface area contributed by atoms with Crippen molar-refractivity contribution < 1.29 is 23.4 Å². The second kappa shape index (κ2) is 11.3. The number of anilines is 2. The van der Waals surface area contributed by atoms with E-state index in [1.165, 1.54) is 14.2 Å². The minimum absolute atomic E-state index is 0.181. The maximum atomic E-state index is 13.6. The molecule has 1 fully saturated rings. The predicted molar refractivity (Wildman–Crippen MR) is 161 cm³/mol. The van der Waals surface area contributed by atoms with Gasteiger partial charge in [-0.1, -0.05) is 25.1 Å². The zero-order valence-corrected chi connectivity index (χ0v) is 25.3. The van der Waals surface area contributed by atoms with Crippen molar-refractivity contribution >= 4 is 28.5 Å². The Morgan fingerprint density at radius 2 is 2.00 bits per heavy atom. The topological polar surface area (TPSA) is 148 Å². The van der Waals surface area contributed by atoms with Gasteiger partial charge in [-0.05, 0) is 55.2 Å². The van der Waals surface area contributed by atoms with Gasteiger partial charge in [-0.15, -0.1) is 5.10 Å². The number of aromatic nitrogens is 5. The summed E-state index contributed by atoms with van der Waals surface area (Å²) in [6.07, 6.45) is 5.94. The van der Waals surface area contributed by atoms with E-state index in [0.717, 1.165) is 34.2 Å². The molecule has 1 aliphatic rings. The molecule has 0 radical (unpaired) electrons. The van der Waals surface area contributed by atoms with Crippen LogP contribution in [0.15, 0.2) is 42.7 Å². The highest BCUT2D eigenvalue weighted by atomic mass is 32.2. The van der Waals surface area contributed by atoms with Crippen LogP contribution in [-0.2, 0) is 23.7 Å². The van der Waals surface area contributed by atoms with Crippen molar-refractivity contribution in [1.82, 2.24) is 24.5 Å². The van der Waals surface area contributed by atoms with E-state index in [0.29, 0.717) is 34.1 Å². The molecular formula is C29H35N7O5S. The Hall–Kier alpha value is -4.07. The Morgan fingerprint density at radius 3 is 2.64 bits per heavy atom. The number of carbonyl (C=O) groups is 1. The van der Waals surface area contributed by atoms with E-state index in [-0.39, 0.29) is 18.0 Å². The van der Waals surface area contributed by atoms with Crippen LogP contribution in [0.5, 0.6) is 5.75 Å². The van der Waals surface area contributed by atoms with Crippen LogP contribution in [0.25, 0.3) is 17.1 Å². The Labute approximate surface area is 246 Å². The van der Waals surface area contributed by atoms with Crippen LogP contribution in [0.3, 0.4) is 0 Å². The van der Waals surface area contributed by atoms with Crippen molar-refractivity contribution in [1.29, 1.82) is 0 Å². The standard InChI is InChI=1S/C29H35N7O5S/c1-17-7-8-19(11-23(17)36-15-22(32-33-36)25-14-30-27(34(25)4)18-9-10-18)28(38)31-21-12-20(29(2,3)16-37)13-24(26(21)41-6)35(5)42(39)40/h7-8,11-15,18,37H,9-10,16H2,1-6H3,(H,31,38)(H,39,40). The maximum Gasteiger partial charge on any atom is 0.261 e. The smallest absolute Gasteiger partial charge is 0.261 e. The quantitative estimate of drug-likeness (QED) is 0.234. The molecule has 1 saturated carbocycles. The fourth-order valence-electron chi connectivity index (χ4n) is 4.79. The summed E-state index contributed by atoms with van der Waals surface area (Å²) in [6, 6.07) is 8.64. The van der Waals surface area contributed by atoms with Gasteiger partial charge < -0.3 is 19.7 Å². The molecule has 42 heavy (non-hydrogen) atoms. The van der Waals surface area contributed by atoms with Gasteiger partial charge in [0.15, 0.2) is 5.75 Å². The third-order valence-electron chi connectivity index (χ3n) is 7.71. The Bertz CT molecular complexity index is 1670. The average Bonchev–Trinajstić information content (AvgIpc) is 3.57. The molecule has 2 heterocycles. The highest BCUT2D eigenvalue weighted by molar-refractivity contribution is 7.80. The van der Waals surface area contributed by atoms with Gasteiger partial charge in [0.25, 0.3) is 17.2 Å². The van der Waals surface area contributed by atoms with Gasteiger partial charge in [-0.25, -0.2) is 13.9 Å². The minimum atomic E-state index is -2.35. The van der Waals surface area contributed by atoms with Crippen molar-refractivity contribution in [2.24, 2.45) is 7.05 Å². The number of methoxy groups -OCH3 is 1. The molecular weight excluding hydrogens is 558 g/mol. The molecule has 222 valence electrons. The van der Waals surface area contributed by atoms with E-state index >= 15 is 0 Å². The molecule has 5 rings (SSSR count). The number of hydrogen-bond acceptors (Lipinski definition) is 7. The Kier molecular flexibility index (Phi) is 7.92. The third-order valence-corrected chi connectivity index (χ3v) is 8.38. The summed E-state index contributed by atoms with van der Waals surface area (Å²) in [6.45, 7) is 5.40. The van der Waals surface area contributed by atoms with Crippen molar-refractivity contribution in [2.45, 2.75) is 44.9 Å². The molecule has 1 amide bonds. The summed E-state index contributed by atoms with van der Waals surface area (Å²) >= 11 is -2.35. The average molecular weight is 594 g/mol. The maximum absolute atomic E-state index is 13.6. The van der Waals surface area contributed by atoms with Gasteiger partial charge in [0.05, 0.1) is 48.9 Å². The van der Waals surface area contributed by atoms with E-state index in [1.807, 2.05) is 46.3 Å². The molecule has 0 bridgehead atoms. The number of rotatable bonds is 10. The molecule has 3 N–H and O–H groups in total. The summed E-state index contributed by atoms with van der Waals surface area (Å²) in [7, 11) is 4.84. The first-order valence-electron chi connectivity index (χ1n) is 13.5. The van der Waals surface area contributed by atoms with Crippen LogP contribution >= 0.6 is 0 Å². The fraction of sp³-hybridized carbons (Fsp3) is 0.379. The van der Waals surface area contributed by atoms with Crippen molar-refractivity contribution in [3.05, 3.63) is 65.2 Å². The van der Waals surface area contributed by atoms with Crippen molar-refractivity contribution in [3.8, 4) is 22.8 Å². The predicted octanol–water partition coefficient (Wildman–Crippen LogP) is 3.96. The summed E-state index contributed by atoms with van der Waals surface area (Å²) in [5.74, 6) is 1.34. The first kappa shape index (κ1) is 29.4. The molecule has 13 heteroatoms. The zero-order chi connectivity index (χ0) is 30.3. The van der Waals surface area contributed by atoms with Crippen LogP contribution in [0.1, 0.15) is 59.9 Å². The highest BCUT2D eigenvalue weighted by Crippen LogP contribution is 2.41. The minimum Gasteiger partial charge on any atom is -0.492 e. The molecule has 0 aliphatic heterocycles. The van der Waals surface area contributed by atoms with Crippen molar-refractivity contribution in [3.63, 3.8) is 0 Å². The van der Waals surface area contributed by atoms with Gasteiger partial charge in [-0.3, -0.25) is 13.7 Å². The SMILES string of the molecule is COc1c(NC(=O)c2ccc(C)c(-n3cc(-c4cnc(C5CC5)n4C)nn3)c2)cc(C(C)(C)CO)cc1N(C)S(=O)O. The number of aryl methyl sites for hydroxylation is 1. The van der Waals surface area contributed by atoms with Crippen molar-refractivity contribution in [2.75, 3.05) is 30.4 Å². The zero-order valence-electron chi connectivity index (χ0n) is 24.5. The molecule has 0 saturated heterocycles. The number of amides is 1. The number of ether oxygens (including phenoxy) is 1. The molecule has 1 atom stereocenters. The van der Waals surface area contributed by atoms with E-state index in [2.05, 4.69) is 25.2 Å². The molecule has 12 nitrogen and oxygen atoms in total. The number of hydrogen-bond donors (Lipinski definition) is 3. The van der Waals surface area contributed by atoms with Crippen LogP contribution in [0, 0.1) is 6.92 Å². The van der Waals surface area contributed by atoms with E-state index in [1.54, 1.807) is 28.9 Å². The Morgan fingerprint density at radius 1 is 1.26 bits per heavy atom. The van der Waals surface area contributed by atoms with Gasteiger partial charge >= 0.3 is 0 Å². The van der Waals surface area contributed by atoms with E-state index in [9.17, 15) is 18.7 Å². The van der Waals surface area contributed by atoms with Gasteiger partial charge in [-0.2, -0.15) is 0 Å². The second-order valence-corrected chi connectivity index (χ2v) is 12.2. The molecule has 2 aromatic carbocycles. The van der Waals surface area contributed by atoms with Crippen LogP contribution in [0.2, 0.25) is 0 Å². The molecule has 0 spiro atoms. The lowest BCUT2D eigenvalue weighted by atomic mass is 9.85. The summed E-state index contributed by atoms with van der Waals surface area (Å²) in [4.78, 5) is 18.1. The largest absolute Gasteiger partial charge is 0.492 e. The van der Waals surface area contributed by atoms with Gasteiger partial charge in [0.1, 0.15) is 11.5 Å². The molecule has 1 aliphatic carbocycles. The number of carbonyl (C=O) groups excluding carboxylic acids is 1. The monoisotopic (exact) mass is 593 g/mol. The van der Waals surface area contributed by atoms with Crippen LogP contribution in [-0.4, -0.2) is 65.1 Å². The number of aliphatic hydroxyl groups is 1. The fourth-order valence-corrected chi connectivity index (χ4v) is 5.10. The molecule has 4 aromatic rings. The normalized spacial score (nSPS) is 14.1. The lowest BCUT2D eigenvalue weighted by Gasteiger charge is -2.27. The summed E-state index contributed by atoms with van der Waals surface area (Å²) < 4.78 is 32.1. The highest BCUT2D eigenvalue weighted by Gasteiger charge is 2.29. The molecule has 1 unspecified atom stereocenters. The number of nitrogens with zero attached hydrogens (tertiary/aromatic N) is 6. The van der Waals surface area contributed by atoms with Gasteiger partial charge in [0, 0.05) is 31.0 Å². The van der Waals surface area contributed by atoms with E-state index < -0.39 is 22.6 Å². The first-order valence-corrected chi connectivity index (χ1v) is 14.6. The van der Waals surface area contributed by atoms with Crippen LogP contribution in [0.4, 0.5) is 11.4 Å². The number of imidazole rings is 1. The van der Waals surface area contributed by atoms with E-state index in [4.69, 9.17) is 4.74 Å². The number of nitrogens with one attached hydrogen (secondary N) is 1. The number of aliphatic hydroxyl groups excluding tert-OH is 1. The first-order chi connectivity index (χ1) is 19.9. The lowest BCUT2D eigenvalue weighted by Crippen LogP contribution is -2.25.